The first-order chi connectivity index (χ1) is 8.65. The lowest BCUT2D eigenvalue weighted by molar-refractivity contribution is -0.144. The van der Waals surface area contributed by atoms with Crippen LogP contribution in [0.15, 0.2) is 9.59 Å². The molecule has 0 aromatic carbocycles. The summed E-state index contributed by atoms with van der Waals surface area (Å²) in [4.78, 5) is 34.0. The van der Waals surface area contributed by atoms with Gasteiger partial charge in [0.25, 0.3) is 5.56 Å². The van der Waals surface area contributed by atoms with Gasteiger partial charge in [-0.05, 0) is 13.8 Å². The van der Waals surface area contributed by atoms with E-state index in [9.17, 15) is 9.59 Å². The minimum Gasteiger partial charge on any atom is -0.346 e. The fraction of sp³-hybridized carbons (Fsp3) is 0.500. The van der Waals surface area contributed by atoms with Crippen LogP contribution in [0.1, 0.15) is 26.0 Å². The maximum absolute atomic E-state index is 11.5. The quantitative estimate of drug-likeness (QED) is 0.650. The van der Waals surface area contributed by atoms with Crippen molar-refractivity contribution in [3.63, 3.8) is 0 Å². The molecule has 18 heavy (non-hydrogen) atoms. The molecule has 0 aliphatic rings. The van der Waals surface area contributed by atoms with E-state index in [1.807, 2.05) is 13.8 Å². The second-order valence-corrected chi connectivity index (χ2v) is 3.50. The number of aromatic nitrogens is 4. The SMILES string of the molecule is CCOC(OCC)c1nc2[nH]c(=O)[nH]c(=O)c2[nH]1. The molecule has 3 N–H and O–H groups in total. The molecule has 2 aromatic heterocycles. The molecule has 8 heteroatoms. The van der Waals surface area contributed by atoms with Crippen molar-refractivity contribution < 1.29 is 9.47 Å². The summed E-state index contributed by atoms with van der Waals surface area (Å²) in [6, 6.07) is 0. The van der Waals surface area contributed by atoms with Crippen molar-refractivity contribution in [2.24, 2.45) is 0 Å². The van der Waals surface area contributed by atoms with Crippen molar-refractivity contribution in [3.8, 4) is 0 Å². The first-order valence-electron chi connectivity index (χ1n) is 5.61. The van der Waals surface area contributed by atoms with E-state index in [2.05, 4.69) is 19.9 Å². The first-order valence-corrected chi connectivity index (χ1v) is 5.61. The predicted molar refractivity (Wildman–Crippen MR) is 63.3 cm³/mol. The van der Waals surface area contributed by atoms with Gasteiger partial charge in [0.05, 0.1) is 0 Å². The fourth-order valence-electron chi connectivity index (χ4n) is 1.57. The van der Waals surface area contributed by atoms with Crippen molar-refractivity contribution in [2.45, 2.75) is 20.1 Å². The molecule has 0 bridgehead atoms. The molecule has 0 aliphatic carbocycles. The number of hydrogen-bond acceptors (Lipinski definition) is 5. The number of hydrogen-bond donors (Lipinski definition) is 3. The molecule has 0 atom stereocenters. The van der Waals surface area contributed by atoms with Crippen LogP contribution >= 0.6 is 0 Å². The second kappa shape index (κ2) is 5.15. The van der Waals surface area contributed by atoms with E-state index in [0.29, 0.717) is 19.0 Å². The van der Waals surface area contributed by atoms with Crippen molar-refractivity contribution >= 4 is 11.2 Å². The molecule has 0 amide bonds. The Bertz CT molecular complexity index is 635. The number of imidazole rings is 1. The minimum atomic E-state index is -0.685. The predicted octanol–water partition coefficient (Wildman–Crippen LogP) is 0.0111. The lowest BCUT2D eigenvalue weighted by Gasteiger charge is -2.13. The van der Waals surface area contributed by atoms with Gasteiger partial charge < -0.3 is 14.5 Å². The molecule has 0 spiro atoms. The number of nitrogens with zero attached hydrogens (tertiary/aromatic N) is 1. The van der Waals surface area contributed by atoms with Crippen molar-refractivity contribution in [3.05, 3.63) is 26.7 Å². The van der Waals surface area contributed by atoms with E-state index in [4.69, 9.17) is 9.47 Å². The van der Waals surface area contributed by atoms with Gasteiger partial charge in [0, 0.05) is 13.2 Å². The Labute approximate surface area is 101 Å². The van der Waals surface area contributed by atoms with Crippen LogP contribution in [-0.4, -0.2) is 33.1 Å². The Morgan fingerprint density at radius 3 is 2.39 bits per heavy atom. The van der Waals surface area contributed by atoms with Gasteiger partial charge in [0.2, 0.25) is 6.29 Å². The van der Waals surface area contributed by atoms with Gasteiger partial charge in [0.15, 0.2) is 11.5 Å². The van der Waals surface area contributed by atoms with Crippen LogP contribution in [0.3, 0.4) is 0 Å². The third-order valence-corrected chi connectivity index (χ3v) is 2.27. The Hall–Kier alpha value is -1.93. The summed E-state index contributed by atoms with van der Waals surface area (Å²) in [6.07, 6.45) is -0.685. The lowest BCUT2D eigenvalue weighted by atomic mass is 10.5. The van der Waals surface area contributed by atoms with E-state index >= 15 is 0 Å². The van der Waals surface area contributed by atoms with E-state index in [-0.39, 0.29) is 11.2 Å². The Morgan fingerprint density at radius 2 is 1.78 bits per heavy atom. The molecule has 2 rings (SSSR count). The molecule has 0 radical (unpaired) electrons. The topological polar surface area (TPSA) is 113 Å². The molecule has 0 unspecified atom stereocenters. The number of rotatable bonds is 5. The van der Waals surface area contributed by atoms with E-state index in [0.717, 1.165) is 0 Å². The molecular weight excluding hydrogens is 240 g/mol. The van der Waals surface area contributed by atoms with E-state index < -0.39 is 17.5 Å². The van der Waals surface area contributed by atoms with Crippen molar-refractivity contribution in [1.29, 1.82) is 0 Å². The summed E-state index contributed by atoms with van der Waals surface area (Å²) < 4.78 is 10.7. The third-order valence-electron chi connectivity index (χ3n) is 2.27. The van der Waals surface area contributed by atoms with Gasteiger partial charge in [-0.25, -0.2) is 9.78 Å². The summed E-state index contributed by atoms with van der Waals surface area (Å²) in [5.74, 6) is 0.348. The van der Waals surface area contributed by atoms with Crippen molar-refractivity contribution in [1.82, 2.24) is 19.9 Å². The summed E-state index contributed by atoms with van der Waals surface area (Å²) in [7, 11) is 0. The zero-order valence-corrected chi connectivity index (χ0v) is 10.1. The molecule has 0 saturated heterocycles. The normalized spacial score (nSPS) is 11.5. The highest BCUT2D eigenvalue weighted by Gasteiger charge is 2.17. The molecule has 2 aromatic rings. The van der Waals surface area contributed by atoms with E-state index in [1.54, 1.807) is 0 Å². The monoisotopic (exact) mass is 254 g/mol. The smallest absolute Gasteiger partial charge is 0.327 e. The molecule has 0 fully saturated rings. The van der Waals surface area contributed by atoms with E-state index in [1.165, 1.54) is 0 Å². The first kappa shape index (κ1) is 12.5. The number of aromatic amines is 3. The Balaban J connectivity index is 2.48. The number of nitrogens with one attached hydrogen (secondary N) is 3. The summed E-state index contributed by atoms with van der Waals surface area (Å²) in [6.45, 7) is 4.52. The summed E-state index contributed by atoms with van der Waals surface area (Å²) in [5, 5.41) is 0. The average molecular weight is 254 g/mol. The van der Waals surface area contributed by atoms with Gasteiger partial charge >= 0.3 is 5.69 Å². The summed E-state index contributed by atoms with van der Waals surface area (Å²) in [5.41, 5.74) is -0.758. The number of H-pyrrole nitrogens is 3. The summed E-state index contributed by atoms with van der Waals surface area (Å²) >= 11 is 0. The van der Waals surface area contributed by atoms with Crippen LogP contribution in [-0.2, 0) is 9.47 Å². The van der Waals surface area contributed by atoms with Crippen LogP contribution in [0.4, 0.5) is 0 Å². The fourth-order valence-corrected chi connectivity index (χ4v) is 1.57. The zero-order chi connectivity index (χ0) is 13.1. The van der Waals surface area contributed by atoms with Crippen molar-refractivity contribution in [2.75, 3.05) is 13.2 Å². The van der Waals surface area contributed by atoms with Gasteiger partial charge in [-0.15, -0.1) is 0 Å². The number of fused-ring (bicyclic) bond motifs is 1. The van der Waals surface area contributed by atoms with Crippen LogP contribution in [0, 0.1) is 0 Å². The molecule has 8 nitrogen and oxygen atoms in total. The van der Waals surface area contributed by atoms with Gasteiger partial charge in [-0.2, -0.15) is 0 Å². The van der Waals surface area contributed by atoms with Crippen LogP contribution < -0.4 is 11.2 Å². The minimum absolute atomic E-state index is 0.183. The third kappa shape index (κ3) is 2.34. The highest BCUT2D eigenvalue weighted by molar-refractivity contribution is 5.68. The van der Waals surface area contributed by atoms with Crippen LogP contribution in [0.5, 0.6) is 0 Å². The Kier molecular flexibility index (Phi) is 3.58. The second-order valence-electron chi connectivity index (χ2n) is 3.50. The highest BCUT2D eigenvalue weighted by Crippen LogP contribution is 2.16. The molecule has 0 saturated carbocycles. The molecule has 0 aliphatic heterocycles. The van der Waals surface area contributed by atoms with Crippen LogP contribution in [0.2, 0.25) is 0 Å². The highest BCUT2D eigenvalue weighted by atomic mass is 16.7. The molecule has 2 heterocycles. The standard InChI is InChI=1S/C10H14N4O4/c1-3-17-9(18-4-2)7-11-5-6(12-7)13-10(16)14-8(5)15/h9H,3-4H2,1-2H3,(H3,11,12,13,14,15,16). The largest absolute Gasteiger partial charge is 0.346 e. The van der Waals surface area contributed by atoms with Gasteiger partial charge in [-0.1, -0.05) is 0 Å². The molecule has 98 valence electrons. The lowest BCUT2D eigenvalue weighted by Crippen LogP contribution is -2.21. The molecular formula is C10H14N4O4. The average Bonchev–Trinajstić information content (AvgIpc) is 2.72. The Morgan fingerprint density at radius 1 is 1.11 bits per heavy atom. The van der Waals surface area contributed by atoms with Crippen LogP contribution in [0.25, 0.3) is 11.2 Å². The zero-order valence-electron chi connectivity index (χ0n) is 10.1. The maximum atomic E-state index is 11.5. The maximum Gasteiger partial charge on any atom is 0.327 e. The number of ether oxygens (including phenoxy) is 2. The van der Waals surface area contributed by atoms with Gasteiger partial charge in [0.1, 0.15) is 5.52 Å². The van der Waals surface area contributed by atoms with Gasteiger partial charge in [-0.3, -0.25) is 14.8 Å².